The van der Waals surface area contributed by atoms with Gasteiger partial charge in [0.05, 0.1) is 4.90 Å². The third-order valence-corrected chi connectivity index (χ3v) is 8.87. The largest absolute Gasteiger partial charge is 0.377 e. The van der Waals surface area contributed by atoms with Gasteiger partial charge < -0.3 is 10.2 Å². The minimum Gasteiger partial charge on any atom is -0.377 e. The predicted octanol–water partition coefficient (Wildman–Crippen LogP) is 5.77. The first-order valence-corrected chi connectivity index (χ1v) is 13.7. The second kappa shape index (κ2) is 11.1. The highest BCUT2D eigenvalue weighted by Gasteiger charge is 2.32. The Morgan fingerprint density at radius 1 is 1.09 bits per heavy atom. The summed E-state index contributed by atoms with van der Waals surface area (Å²) in [4.78, 5) is 14.8. The molecule has 1 N–H and O–H groups in total. The van der Waals surface area contributed by atoms with Gasteiger partial charge in [0.25, 0.3) is 0 Å². The standard InChI is InChI=1S/C26H36ClN3O3S/c1-18(2)19(3)30(34(32,33)24-12-8-11-22(27)16-24)17-21-15-23(13-14-25(21)29(4)5)28-26(31)20-9-6-7-10-20/h8,11-16,18-20H,6-7,9-10,17H2,1-5H3,(H,28,31)/t19-/m0/s1. The van der Waals surface area contributed by atoms with Crippen molar-refractivity contribution in [2.24, 2.45) is 11.8 Å². The number of anilines is 2. The topological polar surface area (TPSA) is 69.7 Å². The molecule has 0 unspecified atom stereocenters. The van der Waals surface area contributed by atoms with E-state index in [4.69, 9.17) is 11.6 Å². The van der Waals surface area contributed by atoms with E-state index in [1.165, 1.54) is 10.4 Å². The molecule has 0 aliphatic heterocycles. The Balaban J connectivity index is 1.99. The van der Waals surface area contributed by atoms with Crippen molar-refractivity contribution in [3.8, 4) is 0 Å². The van der Waals surface area contributed by atoms with Crippen molar-refractivity contribution in [3.05, 3.63) is 53.1 Å². The molecule has 0 aromatic heterocycles. The molecule has 0 spiro atoms. The molecule has 8 heteroatoms. The van der Waals surface area contributed by atoms with E-state index in [1.807, 2.05) is 58.0 Å². The Morgan fingerprint density at radius 2 is 1.76 bits per heavy atom. The van der Waals surface area contributed by atoms with Crippen molar-refractivity contribution in [1.29, 1.82) is 0 Å². The minimum atomic E-state index is -3.81. The quantitative estimate of drug-likeness (QED) is 0.469. The number of nitrogens with one attached hydrogen (secondary N) is 1. The molecule has 0 saturated heterocycles. The highest BCUT2D eigenvalue weighted by atomic mass is 35.5. The zero-order chi connectivity index (χ0) is 25.0. The molecule has 3 rings (SSSR count). The number of benzene rings is 2. The number of carbonyl (C=O) groups excluding carboxylic acids is 1. The first kappa shape index (κ1) is 26.5. The molecular weight excluding hydrogens is 470 g/mol. The zero-order valence-corrected chi connectivity index (χ0v) is 22.3. The average molecular weight is 506 g/mol. The van der Waals surface area contributed by atoms with Gasteiger partial charge >= 0.3 is 0 Å². The molecule has 1 aliphatic carbocycles. The maximum absolute atomic E-state index is 13.7. The summed E-state index contributed by atoms with van der Waals surface area (Å²) in [5.74, 6) is 0.194. The molecule has 0 bridgehead atoms. The smallest absolute Gasteiger partial charge is 0.243 e. The van der Waals surface area contributed by atoms with Crippen molar-refractivity contribution in [3.63, 3.8) is 0 Å². The van der Waals surface area contributed by atoms with E-state index in [0.717, 1.165) is 36.9 Å². The van der Waals surface area contributed by atoms with E-state index in [9.17, 15) is 13.2 Å². The van der Waals surface area contributed by atoms with Crippen LogP contribution in [0.1, 0.15) is 52.0 Å². The summed E-state index contributed by atoms with van der Waals surface area (Å²) in [5.41, 5.74) is 2.42. The Kier molecular flexibility index (Phi) is 8.66. The van der Waals surface area contributed by atoms with Gasteiger partial charge in [0, 0.05) is 49.0 Å². The van der Waals surface area contributed by atoms with Crippen molar-refractivity contribution >= 4 is 38.9 Å². The second-order valence-corrected chi connectivity index (χ2v) is 12.0. The number of sulfonamides is 1. The maximum Gasteiger partial charge on any atom is 0.243 e. The van der Waals surface area contributed by atoms with Crippen molar-refractivity contribution in [1.82, 2.24) is 4.31 Å². The number of nitrogens with zero attached hydrogens (tertiary/aromatic N) is 2. The maximum atomic E-state index is 13.7. The molecule has 186 valence electrons. The molecule has 34 heavy (non-hydrogen) atoms. The summed E-state index contributed by atoms with van der Waals surface area (Å²) >= 11 is 6.12. The van der Waals surface area contributed by atoms with E-state index in [0.29, 0.717) is 10.7 Å². The number of carbonyl (C=O) groups is 1. The lowest BCUT2D eigenvalue weighted by Crippen LogP contribution is -2.41. The fraction of sp³-hybridized carbons (Fsp3) is 0.500. The highest BCUT2D eigenvalue weighted by molar-refractivity contribution is 7.89. The number of amides is 1. The van der Waals surface area contributed by atoms with Gasteiger partial charge in [-0.2, -0.15) is 4.31 Å². The van der Waals surface area contributed by atoms with E-state index < -0.39 is 10.0 Å². The van der Waals surface area contributed by atoms with Crippen LogP contribution in [0.15, 0.2) is 47.4 Å². The zero-order valence-electron chi connectivity index (χ0n) is 20.7. The van der Waals surface area contributed by atoms with Gasteiger partial charge in [-0.1, -0.05) is 44.4 Å². The van der Waals surface area contributed by atoms with Gasteiger partial charge in [-0.3, -0.25) is 4.79 Å². The van der Waals surface area contributed by atoms with Crippen LogP contribution in [0.3, 0.4) is 0 Å². The monoisotopic (exact) mass is 505 g/mol. The van der Waals surface area contributed by atoms with Crippen LogP contribution in [-0.4, -0.2) is 38.8 Å². The lowest BCUT2D eigenvalue weighted by Gasteiger charge is -2.32. The van der Waals surface area contributed by atoms with Crippen molar-refractivity contribution in [2.75, 3.05) is 24.3 Å². The number of hydrogen-bond donors (Lipinski definition) is 1. The van der Waals surface area contributed by atoms with Crippen LogP contribution >= 0.6 is 11.6 Å². The molecule has 2 aromatic rings. The third-order valence-electron chi connectivity index (χ3n) is 6.70. The lowest BCUT2D eigenvalue weighted by atomic mass is 10.0. The summed E-state index contributed by atoms with van der Waals surface area (Å²) in [5, 5.41) is 3.43. The summed E-state index contributed by atoms with van der Waals surface area (Å²) in [6, 6.07) is 11.8. The minimum absolute atomic E-state index is 0.0417. The van der Waals surface area contributed by atoms with E-state index in [2.05, 4.69) is 5.32 Å². The number of rotatable bonds is 9. The van der Waals surface area contributed by atoms with Crippen LogP contribution in [-0.2, 0) is 21.4 Å². The highest BCUT2D eigenvalue weighted by Crippen LogP contribution is 2.31. The molecule has 6 nitrogen and oxygen atoms in total. The molecular formula is C26H36ClN3O3S. The van der Waals surface area contributed by atoms with E-state index in [1.54, 1.807) is 18.2 Å². The molecule has 1 amide bonds. The second-order valence-electron chi connectivity index (χ2n) is 9.70. The molecule has 0 radical (unpaired) electrons. The van der Waals surface area contributed by atoms with E-state index >= 15 is 0 Å². The van der Waals surface area contributed by atoms with Crippen LogP contribution in [0.2, 0.25) is 5.02 Å². The Hall–Kier alpha value is -2.09. The normalized spacial score (nSPS) is 15.6. The molecule has 1 fully saturated rings. The van der Waals surface area contributed by atoms with Gasteiger partial charge in [0.2, 0.25) is 15.9 Å². The van der Waals surface area contributed by atoms with Crippen LogP contribution in [0.5, 0.6) is 0 Å². The lowest BCUT2D eigenvalue weighted by molar-refractivity contribution is -0.119. The van der Waals surface area contributed by atoms with Crippen LogP contribution in [0, 0.1) is 11.8 Å². The number of hydrogen-bond acceptors (Lipinski definition) is 4. The average Bonchev–Trinajstić information content (AvgIpc) is 3.32. The molecule has 1 atom stereocenters. The predicted molar refractivity (Wildman–Crippen MR) is 140 cm³/mol. The SMILES string of the molecule is CC(C)[C@H](C)N(Cc1cc(NC(=O)C2CCCC2)ccc1N(C)C)S(=O)(=O)c1cccc(Cl)c1. The summed E-state index contributed by atoms with van der Waals surface area (Å²) in [6.45, 7) is 6.12. The first-order chi connectivity index (χ1) is 16.0. The van der Waals surface area contributed by atoms with Gasteiger partial charge in [-0.05, 0) is 67.6 Å². The fourth-order valence-corrected chi connectivity index (χ4v) is 6.41. The third kappa shape index (κ3) is 6.12. The molecule has 1 aliphatic rings. The van der Waals surface area contributed by atoms with Crippen LogP contribution in [0.25, 0.3) is 0 Å². The molecule has 0 heterocycles. The fourth-order valence-electron chi connectivity index (χ4n) is 4.37. The van der Waals surface area contributed by atoms with Gasteiger partial charge in [0.15, 0.2) is 0 Å². The Bertz CT molecular complexity index is 1110. The van der Waals surface area contributed by atoms with Gasteiger partial charge in [-0.15, -0.1) is 0 Å². The Labute approximate surface area is 209 Å². The molecule has 1 saturated carbocycles. The van der Waals surface area contributed by atoms with E-state index in [-0.39, 0.29) is 35.2 Å². The number of halogens is 1. The van der Waals surface area contributed by atoms with Crippen LogP contribution < -0.4 is 10.2 Å². The summed E-state index contributed by atoms with van der Waals surface area (Å²) < 4.78 is 29.0. The van der Waals surface area contributed by atoms with Crippen molar-refractivity contribution < 1.29 is 13.2 Å². The summed E-state index contributed by atoms with van der Waals surface area (Å²) in [6.07, 6.45) is 4.02. The van der Waals surface area contributed by atoms with Crippen molar-refractivity contribution in [2.45, 2.75) is 63.9 Å². The summed E-state index contributed by atoms with van der Waals surface area (Å²) in [7, 11) is 0.0413. The van der Waals surface area contributed by atoms with Crippen LogP contribution in [0.4, 0.5) is 11.4 Å². The van der Waals surface area contributed by atoms with Gasteiger partial charge in [0.1, 0.15) is 0 Å². The Morgan fingerprint density at radius 3 is 2.35 bits per heavy atom. The molecule has 2 aromatic carbocycles. The van der Waals surface area contributed by atoms with Gasteiger partial charge in [-0.25, -0.2) is 8.42 Å². The first-order valence-electron chi connectivity index (χ1n) is 11.9.